The van der Waals surface area contributed by atoms with E-state index in [-0.39, 0.29) is 16.2 Å². The molecular weight excluding hydrogens is 372 g/mol. The van der Waals surface area contributed by atoms with Gasteiger partial charge in [-0.25, -0.2) is 18.0 Å². The molecule has 0 spiro atoms. The van der Waals surface area contributed by atoms with E-state index in [9.17, 15) is 18.0 Å². The number of sulfonamides is 1. The third-order valence-electron chi connectivity index (χ3n) is 4.31. The van der Waals surface area contributed by atoms with Gasteiger partial charge in [-0.05, 0) is 25.0 Å². The number of nitrogens with one attached hydrogen (secondary N) is 1. The Hall–Kier alpha value is -2.39. The fraction of sp³-hybridized carbons (Fsp3) is 0.444. The van der Waals surface area contributed by atoms with E-state index in [4.69, 9.17) is 9.47 Å². The molecule has 2 aliphatic heterocycles. The minimum absolute atomic E-state index is 0.0848. The molecule has 2 fully saturated rings. The molecule has 0 amide bonds. The van der Waals surface area contributed by atoms with E-state index in [2.05, 4.69) is 5.32 Å². The number of rotatable bonds is 4. The number of esters is 2. The second-order valence-electron chi connectivity index (χ2n) is 6.84. The van der Waals surface area contributed by atoms with Gasteiger partial charge in [0, 0.05) is 33.1 Å². The van der Waals surface area contributed by atoms with Crippen molar-refractivity contribution in [2.24, 2.45) is 0 Å². The molecule has 0 atom stereocenters. The van der Waals surface area contributed by atoms with Crippen molar-refractivity contribution in [1.82, 2.24) is 4.31 Å². The topological polar surface area (TPSA) is 102 Å². The fourth-order valence-electron chi connectivity index (χ4n) is 2.98. The van der Waals surface area contributed by atoms with Crippen LogP contribution in [-0.2, 0) is 29.1 Å². The lowest BCUT2D eigenvalue weighted by Crippen LogP contribution is -2.42. The summed E-state index contributed by atoms with van der Waals surface area (Å²) in [5.41, 5.74) is -0.0690. The highest BCUT2D eigenvalue weighted by Gasteiger charge is 2.39. The van der Waals surface area contributed by atoms with Gasteiger partial charge in [0.05, 0.1) is 5.69 Å². The summed E-state index contributed by atoms with van der Waals surface area (Å²) in [5, 5.41) is 2.75. The Morgan fingerprint density at radius 2 is 1.63 bits per heavy atom. The molecule has 0 unspecified atom stereocenters. The summed E-state index contributed by atoms with van der Waals surface area (Å²) in [4.78, 5) is 24.1. The maximum absolute atomic E-state index is 13.0. The standard InChI is InChI=1S/C18H22N2O6S/c1-18(2)25-16(21)13(17(22)26-18)12-19-14-8-4-5-9-15(14)27(23,24)20-10-6-3-7-11-20/h4-5,8-9,12,19H,3,6-7,10-11H2,1-2H3. The van der Waals surface area contributed by atoms with Crippen LogP contribution in [0.25, 0.3) is 0 Å². The van der Waals surface area contributed by atoms with Crippen molar-refractivity contribution in [3.05, 3.63) is 36.0 Å². The summed E-state index contributed by atoms with van der Waals surface area (Å²) in [6.07, 6.45) is 3.78. The summed E-state index contributed by atoms with van der Waals surface area (Å²) in [7, 11) is -3.68. The number of piperidine rings is 1. The Morgan fingerprint density at radius 3 is 2.26 bits per heavy atom. The lowest BCUT2D eigenvalue weighted by atomic mass is 10.2. The average molecular weight is 394 g/mol. The zero-order chi connectivity index (χ0) is 19.7. The first-order chi connectivity index (χ1) is 12.7. The predicted molar refractivity (Wildman–Crippen MR) is 97.0 cm³/mol. The molecule has 3 rings (SSSR count). The highest BCUT2D eigenvalue weighted by molar-refractivity contribution is 7.89. The molecule has 0 radical (unpaired) electrons. The van der Waals surface area contributed by atoms with E-state index in [1.165, 1.54) is 24.2 Å². The number of carbonyl (C=O) groups excluding carboxylic acids is 2. The SMILES string of the molecule is CC1(C)OC(=O)C(=CNc2ccccc2S(=O)(=O)N2CCCCC2)C(=O)O1. The number of para-hydroxylation sites is 1. The van der Waals surface area contributed by atoms with Crippen LogP contribution in [0.1, 0.15) is 33.1 Å². The van der Waals surface area contributed by atoms with E-state index in [0.29, 0.717) is 13.1 Å². The second kappa shape index (κ2) is 7.32. The average Bonchev–Trinajstić information content (AvgIpc) is 2.61. The van der Waals surface area contributed by atoms with Crippen LogP contribution in [0.2, 0.25) is 0 Å². The molecule has 1 aromatic carbocycles. The minimum Gasteiger partial charge on any atom is -0.419 e. The number of ether oxygens (including phenoxy) is 2. The third kappa shape index (κ3) is 4.14. The van der Waals surface area contributed by atoms with Crippen LogP contribution < -0.4 is 5.32 Å². The molecule has 0 bridgehead atoms. The number of benzene rings is 1. The summed E-state index contributed by atoms with van der Waals surface area (Å²) < 4.78 is 37.4. The van der Waals surface area contributed by atoms with Gasteiger partial charge in [0.15, 0.2) is 5.57 Å². The van der Waals surface area contributed by atoms with Crippen molar-refractivity contribution in [1.29, 1.82) is 0 Å². The molecule has 146 valence electrons. The molecule has 1 aromatic rings. The molecular formula is C18H22N2O6S. The second-order valence-corrected chi connectivity index (χ2v) is 8.75. The number of hydrogen-bond donors (Lipinski definition) is 1. The summed E-state index contributed by atoms with van der Waals surface area (Å²) in [5.74, 6) is -3.00. The first-order valence-corrected chi connectivity index (χ1v) is 10.2. The normalized spacial score (nSPS) is 20.6. The van der Waals surface area contributed by atoms with Crippen molar-refractivity contribution in [3.8, 4) is 0 Å². The zero-order valence-electron chi connectivity index (χ0n) is 15.2. The zero-order valence-corrected chi connectivity index (χ0v) is 16.0. The molecule has 0 saturated carbocycles. The van der Waals surface area contributed by atoms with E-state index in [0.717, 1.165) is 25.5 Å². The Kier molecular flexibility index (Phi) is 5.25. The number of nitrogens with zero attached hydrogens (tertiary/aromatic N) is 1. The van der Waals surface area contributed by atoms with Crippen LogP contribution in [0.3, 0.4) is 0 Å². The minimum atomic E-state index is -3.68. The molecule has 8 nitrogen and oxygen atoms in total. The number of carbonyl (C=O) groups is 2. The largest absolute Gasteiger partial charge is 0.419 e. The van der Waals surface area contributed by atoms with E-state index in [1.54, 1.807) is 18.2 Å². The van der Waals surface area contributed by atoms with Gasteiger partial charge >= 0.3 is 11.9 Å². The molecule has 0 aliphatic carbocycles. The molecule has 27 heavy (non-hydrogen) atoms. The Labute approximate surface area is 158 Å². The smallest absolute Gasteiger partial charge is 0.350 e. The summed E-state index contributed by atoms with van der Waals surface area (Å²) in [6.45, 7) is 3.86. The predicted octanol–water partition coefficient (Wildman–Crippen LogP) is 1.99. The molecule has 2 heterocycles. The highest BCUT2D eigenvalue weighted by Crippen LogP contribution is 2.28. The molecule has 0 aromatic heterocycles. The number of cyclic esters (lactones) is 2. The number of hydrogen-bond acceptors (Lipinski definition) is 7. The lowest BCUT2D eigenvalue weighted by Gasteiger charge is -2.29. The highest BCUT2D eigenvalue weighted by atomic mass is 32.2. The first-order valence-electron chi connectivity index (χ1n) is 8.73. The van der Waals surface area contributed by atoms with Gasteiger partial charge in [-0.1, -0.05) is 18.6 Å². The van der Waals surface area contributed by atoms with E-state index in [1.807, 2.05) is 0 Å². The van der Waals surface area contributed by atoms with Gasteiger partial charge in [-0.3, -0.25) is 0 Å². The van der Waals surface area contributed by atoms with Crippen LogP contribution in [0.5, 0.6) is 0 Å². The quantitative estimate of drug-likeness (QED) is 0.473. The van der Waals surface area contributed by atoms with Gasteiger partial charge < -0.3 is 14.8 Å². The van der Waals surface area contributed by atoms with E-state index >= 15 is 0 Å². The third-order valence-corrected chi connectivity index (χ3v) is 6.27. The van der Waals surface area contributed by atoms with Crippen molar-refractivity contribution in [2.45, 2.75) is 43.8 Å². The Balaban J connectivity index is 1.87. The molecule has 2 saturated heterocycles. The van der Waals surface area contributed by atoms with Crippen molar-refractivity contribution < 1.29 is 27.5 Å². The van der Waals surface area contributed by atoms with Crippen LogP contribution in [0, 0.1) is 0 Å². The van der Waals surface area contributed by atoms with Gasteiger partial charge in [0.25, 0.3) is 5.79 Å². The molecule has 1 N–H and O–H groups in total. The van der Waals surface area contributed by atoms with Gasteiger partial charge in [-0.15, -0.1) is 0 Å². The van der Waals surface area contributed by atoms with E-state index < -0.39 is 27.7 Å². The number of anilines is 1. The van der Waals surface area contributed by atoms with Crippen molar-refractivity contribution in [2.75, 3.05) is 18.4 Å². The molecule has 9 heteroatoms. The summed E-state index contributed by atoms with van der Waals surface area (Å²) >= 11 is 0. The summed E-state index contributed by atoms with van der Waals surface area (Å²) in [6, 6.07) is 6.35. The molecule has 2 aliphatic rings. The maximum Gasteiger partial charge on any atom is 0.350 e. The van der Waals surface area contributed by atoms with Crippen LogP contribution in [-0.4, -0.2) is 43.5 Å². The Bertz CT molecular complexity index is 863. The lowest BCUT2D eigenvalue weighted by molar-refractivity contribution is -0.222. The van der Waals surface area contributed by atoms with Gasteiger partial charge in [0.1, 0.15) is 4.90 Å². The van der Waals surface area contributed by atoms with Gasteiger partial charge in [0.2, 0.25) is 10.0 Å². The van der Waals surface area contributed by atoms with Crippen LogP contribution in [0.15, 0.2) is 40.9 Å². The monoisotopic (exact) mass is 394 g/mol. The Morgan fingerprint density at radius 1 is 1.04 bits per heavy atom. The van der Waals surface area contributed by atoms with Crippen molar-refractivity contribution >= 4 is 27.6 Å². The maximum atomic E-state index is 13.0. The van der Waals surface area contributed by atoms with Crippen LogP contribution >= 0.6 is 0 Å². The fourth-order valence-corrected chi connectivity index (χ4v) is 4.66. The first kappa shape index (κ1) is 19.4. The van der Waals surface area contributed by atoms with Gasteiger partial charge in [-0.2, -0.15) is 4.31 Å². The van der Waals surface area contributed by atoms with Crippen molar-refractivity contribution in [3.63, 3.8) is 0 Å². The van der Waals surface area contributed by atoms with Crippen LogP contribution in [0.4, 0.5) is 5.69 Å².